The van der Waals surface area contributed by atoms with Gasteiger partial charge in [-0.25, -0.2) is 4.39 Å². The Labute approximate surface area is 121 Å². The van der Waals surface area contributed by atoms with E-state index in [0.717, 1.165) is 25.2 Å². The van der Waals surface area contributed by atoms with Crippen LogP contribution in [0.15, 0.2) is 24.3 Å². The Morgan fingerprint density at radius 1 is 1.30 bits per heavy atom. The molecule has 3 rings (SSSR count). The van der Waals surface area contributed by atoms with Gasteiger partial charge in [-0.3, -0.25) is 0 Å². The lowest BCUT2D eigenvalue weighted by atomic mass is 9.79. The summed E-state index contributed by atoms with van der Waals surface area (Å²) in [5.41, 5.74) is 1.30. The molecule has 1 unspecified atom stereocenters. The summed E-state index contributed by atoms with van der Waals surface area (Å²) < 4.78 is 13.5. The van der Waals surface area contributed by atoms with E-state index in [0.29, 0.717) is 6.04 Å². The second-order valence-electron chi connectivity index (χ2n) is 6.39. The standard InChI is InChI=1S/C17H25FN2/c1-2-15-12-19-17(9-4-3-5-10-17)13-20(15)16-8-6-7-14(18)11-16/h6-8,11,15,19H,2-5,9-10,12-13H2,1H3. The van der Waals surface area contributed by atoms with Gasteiger partial charge in [0.2, 0.25) is 0 Å². The van der Waals surface area contributed by atoms with Crippen LogP contribution in [0, 0.1) is 5.82 Å². The van der Waals surface area contributed by atoms with E-state index < -0.39 is 0 Å². The van der Waals surface area contributed by atoms with Crippen molar-refractivity contribution < 1.29 is 4.39 Å². The maximum absolute atomic E-state index is 13.5. The Hall–Kier alpha value is -1.09. The third-order valence-corrected chi connectivity index (χ3v) is 5.05. The highest BCUT2D eigenvalue weighted by atomic mass is 19.1. The summed E-state index contributed by atoms with van der Waals surface area (Å²) >= 11 is 0. The molecule has 0 bridgehead atoms. The molecule has 1 heterocycles. The molecule has 110 valence electrons. The molecule has 1 spiro atoms. The number of benzene rings is 1. The number of nitrogens with one attached hydrogen (secondary N) is 1. The molecule has 1 aliphatic carbocycles. The lowest BCUT2D eigenvalue weighted by molar-refractivity contribution is 0.196. The summed E-state index contributed by atoms with van der Waals surface area (Å²) in [6, 6.07) is 7.57. The Morgan fingerprint density at radius 2 is 2.10 bits per heavy atom. The Kier molecular flexibility index (Phi) is 3.97. The predicted molar refractivity (Wildman–Crippen MR) is 81.6 cm³/mol. The molecule has 1 atom stereocenters. The molecular weight excluding hydrogens is 251 g/mol. The summed E-state index contributed by atoms with van der Waals surface area (Å²) in [6.45, 7) is 4.26. The molecule has 1 saturated carbocycles. The van der Waals surface area contributed by atoms with Gasteiger partial charge < -0.3 is 10.2 Å². The van der Waals surface area contributed by atoms with Crippen LogP contribution >= 0.6 is 0 Å². The highest BCUT2D eigenvalue weighted by Crippen LogP contribution is 2.34. The number of nitrogens with zero attached hydrogens (tertiary/aromatic N) is 1. The highest BCUT2D eigenvalue weighted by molar-refractivity contribution is 5.49. The van der Waals surface area contributed by atoms with Crippen molar-refractivity contribution in [2.24, 2.45) is 0 Å². The minimum Gasteiger partial charge on any atom is -0.365 e. The molecule has 1 saturated heterocycles. The van der Waals surface area contributed by atoms with Gasteiger partial charge in [0.1, 0.15) is 5.82 Å². The average molecular weight is 276 g/mol. The lowest BCUT2D eigenvalue weighted by Gasteiger charge is -2.50. The first-order chi connectivity index (χ1) is 9.72. The van der Waals surface area contributed by atoms with Crippen molar-refractivity contribution in [2.75, 3.05) is 18.0 Å². The van der Waals surface area contributed by atoms with Crippen molar-refractivity contribution in [1.29, 1.82) is 0 Å². The van der Waals surface area contributed by atoms with Gasteiger partial charge in [-0.05, 0) is 37.5 Å². The molecule has 0 radical (unpaired) electrons. The first kappa shape index (κ1) is 13.9. The minimum absolute atomic E-state index is 0.131. The van der Waals surface area contributed by atoms with Crippen LogP contribution in [0.3, 0.4) is 0 Å². The SMILES string of the molecule is CCC1CNC2(CCCCC2)CN1c1cccc(F)c1. The van der Waals surface area contributed by atoms with Crippen LogP contribution in [-0.2, 0) is 0 Å². The van der Waals surface area contributed by atoms with Crippen LogP contribution in [0.25, 0.3) is 0 Å². The van der Waals surface area contributed by atoms with E-state index in [1.165, 1.54) is 38.2 Å². The molecule has 0 amide bonds. The summed E-state index contributed by atoms with van der Waals surface area (Å²) in [7, 11) is 0. The topological polar surface area (TPSA) is 15.3 Å². The van der Waals surface area contributed by atoms with Crippen molar-refractivity contribution in [1.82, 2.24) is 5.32 Å². The molecule has 3 heteroatoms. The number of hydrogen-bond donors (Lipinski definition) is 1. The summed E-state index contributed by atoms with van der Waals surface area (Å²) in [6.07, 6.45) is 7.62. The molecule has 1 aliphatic heterocycles. The molecule has 1 aromatic rings. The van der Waals surface area contributed by atoms with Gasteiger partial charge in [0.15, 0.2) is 0 Å². The van der Waals surface area contributed by atoms with Gasteiger partial charge in [0.05, 0.1) is 0 Å². The number of hydrogen-bond acceptors (Lipinski definition) is 2. The zero-order chi connectivity index (χ0) is 14.0. The quantitative estimate of drug-likeness (QED) is 0.885. The van der Waals surface area contributed by atoms with Gasteiger partial charge >= 0.3 is 0 Å². The minimum atomic E-state index is -0.131. The van der Waals surface area contributed by atoms with Gasteiger partial charge in [-0.15, -0.1) is 0 Å². The normalized spacial score (nSPS) is 25.9. The predicted octanol–water partition coefficient (Wildman–Crippen LogP) is 3.72. The summed E-state index contributed by atoms with van der Waals surface area (Å²) in [4.78, 5) is 2.44. The molecule has 0 aromatic heterocycles. The van der Waals surface area contributed by atoms with Crippen molar-refractivity contribution in [2.45, 2.75) is 57.0 Å². The van der Waals surface area contributed by atoms with E-state index in [2.05, 4.69) is 17.1 Å². The third kappa shape index (κ3) is 2.69. The van der Waals surface area contributed by atoms with Gasteiger partial charge in [-0.2, -0.15) is 0 Å². The van der Waals surface area contributed by atoms with Gasteiger partial charge in [0.25, 0.3) is 0 Å². The number of piperazine rings is 1. The zero-order valence-corrected chi connectivity index (χ0v) is 12.4. The van der Waals surface area contributed by atoms with E-state index in [-0.39, 0.29) is 11.4 Å². The number of halogens is 1. The fourth-order valence-electron chi connectivity index (χ4n) is 3.84. The van der Waals surface area contributed by atoms with E-state index in [1.54, 1.807) is 6.07 Å². The van der Waals surface area contributed by atoms with Crippen molar-refractivity contribution >= 4 is 5.69 Å². The largest absolute Gasteiger partial charge is 0.365 e. The third-order valence-electron chi connectivity index (χ3n) is 5.05. The monoisotopic (exact) mass is 276 g/mol. The Balaban J connectivity index is 1.85. The Bertz CT molecular complexity index is 454. The molecule has 20 heavy (non-hydrogen) atoms. The Morgan fingerprint density at radius 3 is 2.80 bits per heavy atom. The van der Waals surface area contributed by atoms with Gasteiger partial charge in [0, 0.05) is 30.4 Å². The zero-order valence-electron chi connectivity index (χ0n) is 12.4. The number of anilines is 1. The van der Waals surface area contributed by atoms with Crippen LogP contribution < -0.4 is 10.2 Å². The first-order valence-corrected chi connectivity index (χ1v) is 8.00. The van der Waals surface area contributed by atoms with Gasteiger partial charge in [-0.1, -0.05) is 32.3 Å². The molecule has 2 fully saturated rings. The van der Waals surface area contributed by atoms with Crippen molar-refractivity contribution in [3.05, 3.63) is 30.1 Å². The highest BCUT2D eigenvalue weighted by Gasteiger charge is 2.39. The van der Waals surface area contributed by atoms with Crippen LogP contribution in [0.1, 0.15) is 45.4 Å². The van der Waals surface area contributed by atoms with E-state index in [9.17, 15) is 4.39 Å². The lowest BCUT2D eigenvalue weighted by Crippen LogP contribution is -2.65. The van der Waals surface area contributed by atoms with Crippen LogP contribution in [0.4, 0.5) is 10.1 Å². The molecule has 2 aliphatic rings. The summed E-state index contributed by atoms with van der Waals surface area (Å²) in [5.74, 6) is -0.131. The van der Waals surface area contributed by atoms with Crippen molar-refractivity contribution in [3.63, 3.8) is 0 Å². The maximum atomic E-state index is 13.5. The molecule has 1 aromatic carbocycles. The van der Waals surface area contributed by atoms with E-state index in [1.807, 2.05) is 12.1 Å². The average Bonchev–Trinajstić information content (AvgIpc) is 2.48. The van der Waals surface area contributed by atoms with Crippen LogP contribution in [0.5, 0.6) is 0 Å². The maximum Gasteiger partial charge on any atom is 0.125 e. The fraction of sp³-hybridized carbons (Fsp3) is 0.647. The van der Waals surface area contributed by atoms with Crippen LogP contribution in [0.2, 0.25) is 0 Å². The second-order valence-corrected chi connectivity index (χ2v) is 6.39. The number of rotatable bonds is 2. The van der Waals surface area contributed by atoms with Crippen molar-refractivity contribution in [3.8, 4) is 0 Å². The molecular formula is C17H25FN2. The van der Waals surface area contributed by atoms with Crippen LogP contribution in [-0.4, -0.2) is 24.7 Å². The van der Waals surface area contributed by atoms with E-state index in [4.69, 9.17) is 0 Å². The van der Waals surface area contributed by atoms with E-state index >= 15 is 0 Å². The first-order valence-electron chi connectivity index (χ1n) is 8.00. The summed E-state index contributed by atoms with van der Waals surface area (Å²) in [5, 5.41) is 3.81. The second kappa shape index (κ2) is 5.72. The molecule has 1 N–H and O–H groups in total. The smallest absolute Gasteiger partial charge is 0.125 e. The fourth-order valence-corrected chi connectivity index (χ4v) is 3.84. The molecule has 2 nitrogen and oxygen atoms in total.